The maximum absolute atomic E-state index is 12.7. The van der Waals surface area contributed by atoms with Gasteiger partial charge in [0.05, 0.1) is 29.3 Å². The number of para-hydroxylation sites is 2. The fraction of sp³-hybridized carbons (Fsp3) is 0. The Morgan fingerprint density at radius 3 is 2.37 bits per heavy atom. The summed E-state index contributed by atoms with van der Waals surface area (Å²) in [5.74, 6) is -1.23. The van der Waals surface area contributed by atoms with Crippen LogP contribution < -0.4 is 15.5 Å². The van der Waals surface area contributed by atoms with Crippen molar-refractivity contribution in [1.29, 1.82) is 0 Å². The SMILES string of the molecule is O=C(Oc1ccccc1/C=N\NC(=O)c1ccccc1NC(=O)c1ccco1)c1ccc(Cl)cc1. The first kappa shape index (κ1) is 23.5. The van der Waals surface area contributed by atoms with E-state index in [0.717, 1.165) is 0 Å². The predicted molar refractivity (Wildman–Crippen MR) is 131 cm³/mol. The van der Waals surface area contributed by atoms with Crippen LogP contribution in [0, 0.1) is 0 Å². The Morgan fingerprint density at radius 1 is 0.857 bits per heavy atom. The molecule has 0 saturated carbocycles. The topological polar surface area (TPSA) is 110 Å². The molecule has 0 aliphatic rings. The summed E-state index contributed by atoms with van der Waals surface area (Å²) >= 11 is 5.86. The largest absolute Gasteiger partial charge is 0.459 e. The van der Waals surface area contributed by atoms with Gasteiger partial charge in [0.25, 0.3) is 11.8 Å². The molecule has 4 aromatic rings. The molecule has 0 radical (unpaired) electrons. The molecule has 9 heteroatoms. The summed E-state index contributed by atoms with van der Waals surface area (Å²) in [5, 5.41) is 7.12. The second-order valence-electron chi connectivity index (χ2n) is 7.11. The van der Waals surface area contributed by atoms with Gasteiger partial charge in [0.2, 0.25) is 0 Å². The molecule has 0 atom stereocenters. The molecule has 35 heavy (non-hydrogen) atoms. The van der Waals surface area contributed by atoms with E-state index in [0.29, 0.717) is 21.8 Å². The van der Waals surface area contributed by atoms with Crippen molar-refractivity contribution in [3.05, 3.63) is 119 Å². The van der Waals surface area contributed by atoms with Crippen LogP contribution in [0.15, 0.2) is 101 Å². The lowest BCUT2D eigenvalue weighted by Crippen LogP contribution is -2.21. The molecule has 174 valence electrons. The van der Waals surface area contributed by atoms with Crippen LogP contribution >= 0.6 is 11.6 Å². The fourth-order valence-corrected chi connectivity index (χ4v) is 3.15. The minimum atomic E-state index is -0.562. The summed E-state index contributed by atoms with van der Waals surface area (Å²) in [6, 6.07) is 22.6. The lowest BCUT2D eigenvalue weighted by Gasteiger charge is -2.09. The Morgan fingerprint density at radius 2 is 1.60 bits per heavy atom. The molecule has 0 bridgehead atoms. The summed E-state index contributed by atoms with van der Waals surface area (Å²) in [5.41, 5.74) is 3.71. The van der Waals surface area contributed by atoms with Crippen LogP contribution in [0.25, 0.3) is 0 Å². The molecule has 1 aromatic heterocycles. The van der Waals surface area contributed by atoms with Crippen molar-refractivity contribution < 1.29 is 23.5 Å². The van der Waals surface area contributed by atoms with Gasteiger partial charge in [0, 0.05) is 10.6 Å². The van der Waals surface area contributed by atoms with Crippen LogP contribution in [0.4, 0.5) is 5.69 Å². The Labute approximate surface area is 205 Å². The Hall–Kier alpha value is -4.69. The van der Waals surface area contributed by atoms with E-state index in [4.69, 9.17) is 20.8 Å². The van der Waals surface area contributed by atoms with Crippen LogP contribution in [0.1, 0.15) is 36.8 Å². The van der Waals surface area contributed by atoms with Crippen LogP contribution in [-0.2, 0) is 0 Å². The summed E-state index contributed by atoms with van der Waals surface area (Å²) in [6.07, 6.45) is 2.74. The maximum atomic E-state index is 12.7. The van der Waals surface area contributed by atoms with Gasteiger partial charge in [-0.2, -0.15) is 5.10 Å². The zero-order valence-electron chi connectivity index (χ0n) is 18.1. The van der Waals surface area contributed by atoms with Gasteiger partial charge in [-0.05, 0) is 60.7 Å². The molecule has 0 aliphatic heterocycles. The van der Waals surface area contributed by atoms with E-state index < -0.39 is 17.8 Å². The molecule has 0 unspecified atom stereocenters. The van der Waals surface area contributed by atoms with Gasteiger partial charge in [0.1, 0.15) is 5.75 Å². The van der Waals surface area contributed by atoms with E-state index in [9.17, 15) is 14.4 Å². The lowest BCUT2D eigenvalue weighted by atomic mass is 10.1. The lowest BCUT2D eigenvalue weighted by molar-refractivity contribution is 0.0734. The minimum Gasteiger partial charge on any atom is -0.459 e. The number of carbonyl (C=O) groups excluding carboxylic acids is 3. The molecule has 4 rings (SSSR count). The Balaban J connectivity index is 1.44. The van der Waals surface area contributed by atoms with Gasteiger partial charge >= 0.3 is 5.97 Å². The number of hydrogen-bond acceptors (Lipinski definition) is 6. The van der Waals surface area contributed by atoms with Crippen molar-refractivity contribution >= 4 is 41.3 Å². The van der Waals surface area contributed by atoms with Crippen molar-refractivity contribution in [2.75, 3.05) is 5.32 Å². The quantitative estimate of drug-likeness (QED) is 0.162. The van der Waals surface area contributed by atoms with E-state index in [-0.39, 0.29) is 17.1 Å². The highest BCUT2D eigenvalue weighted by atomic mass is 35.5. The number of rotatable bonds is 7. The average molecular weight is 488 g/mol. The third kappa shape index (κ3) is 6.01. The number of furan rings is 1. The summed E-state index contributed by atoms with van der Waals surface area (Å²) in [4.78, 5) is 37.4. The van der Waals surface area contributed by atoms with Crippen LogP contribution in [0.5, 0.6) is 5.75 Å². The van der Waals surface area contributed by atoms with E-state index in [2.05, 4.69) is 15.8 Å². The smallest absolute Gasteiger partial charge is 0.343 e. The summed E-state index contributed by atoms with van der Waals surface area (Å²) in [7, 11) is 0. The number of hydrazone groups is 1. The summed E-state index contributed by atoms with van der Waals surface area (Å²) in [6.45, 7) is 0. The second kappa shape index (κ2) is 11.0. The Bertz CT molecular complexity index is 1380. The number of carbonyl (C=O) groups is 3. The fourth-order valence-electron chi connectivity index (χ4n) is 3.03. The number of benzene rings is 3. The van der Waals surface area contributed by atoms with E-state index in [1.807, 2.05) is 0 Å². The molecular formula is C26H18ClN3O5. The van der Waals surface area contributed by atoms with Crippen molar-refractivity contribution in [3.8, 4) is 5.75 Å². The third-order valence-corrected chi connectivity index (χ3v) is 4.99. The zero-order chi connectivity index (χ0) is 24.6. The molecule has 0 fully saturated rings. The molecular weight excluding hydrogens is 470 g/mol. The van der Waals surface area contributed by atoms with E-state index >= 15 is 0 Å². The first-order valence-electron chi connectivity index (χ1n) is 10.4. The number of hydrogen-bond donors (Lipinski definition) is 2. The molecule has 2 N–H and O–H groups in total. The van der Waals surface area contributed by atoms with Crippen molar-refractivity contribution in [2.45, 2.75) is 0 Å². The number of esters is 1. The molecule has 3 aromatic carbocycles. The number of halogens is 1. The highest BCUT2D eigenvalue weighted by Crippen LogP contribution is 2.19. The first-order chi connectivity index (χ1) is 17.0. The second-order valence-corrected chi connectivity index (χ2v) is 7.55. The van der Waals surface area contributed by atoms with Gasteiger partial charge < -0.3 is 14.5 Å². The van der Waals surface area contributed by atoms with E-state index in [1.165, 1.54) is 18.5 Å². The number of nitrogens with one attached hydrogen (secondary N) is 2. The summed E-state index contributed by atoms with van der Waals surface area (Å²) < 4.78 is 10.5. The molecule has 0 saturated heterocycles. The van der Waals surface area contributed by atoms with Gasteiger partial charge in [-0.1, -0.05) is 35.9 Å². The maximum Gasteiger partial charge on any atom is 0.343 e. The number of ether oxygens (including phenoxy) is 1. The first-order valence-corrected chi connectivity index (χ1v) is 10.7. The minimum absolute atomic E-state index is 0.114. The molecule has 8 nitrogen and oxygen atoms in total. The zero-order valence-corrected chi connectivity index (χ0v) is 18.9. The number of nitrogens with zero attached hydrogens (tertiary/aromatic N) is 1. The van der Waals surface area contributed by atoms with Crippen molar-refractivity contribution in [3.63, 3.8) is 0 Å². The molecule has 0 spiro atoms. The molecule has 2 amide bonds. The van der Waals surface area contributed by atoms with Gasteiger partial charge in [0.15, 0.2) is 5.76 Å². The van der Waals surface area contributed by atoms with Crippen LogP contribution in [0.2, 0.25) is 5.02 Å². The average Bonchev–Trinajstić information content (AvgIpc) is 3.41. The molecule has 0 aliphatic carbocycles. The number of amides is 2. The predicted octanol–water partition coefficient (Wildman–Crippen LogP) is 5.17. The third-order valence-electron chi connectivity index (χ3n) is 4.74. The standard InChI is InChI=1S/C26H18ClN3O5/c27-19-13-11-17(12-14-19)26(33)35-22-9-4-1-6-18(22)16-28-30-24(31)20-7-2-3-8-21(20)29-25(32)23-10-5-15-34-23/h1-16H,(H,29,32)(H,30,31)/b28-16-. The Kier molecular flexibility index (Phi) is 7.34. The highest BCUT2D eigenvalue weighted by Gasteiger charge is 2.15. The normalized spacial score (nSPS) is 10.7. The van der Waals surface area contributed by atoms with Gasteiger partial charge in [-0.15, -0.1) is 0 Å². The van der Waals surface area contributed by atoms with Crippen molar-refractivity contribution in [2.24, 2.45) is 5.10 Å². The monoisotopic (exact) mass is 487 g/mol. The van der Waals surface area contributed by atoms with Gasteiger partial charge in [-0.25, -0.2) is 10.2 Å². The van der Waals surface area contributed by atoms with Crippen molar-refractivity contribution in [1.82, 2.24) is 5.43 Å². The van der Waals surface area contributed by atoms with Crippen LogP contribution in [0.3, 0.4) is 0 Å². The van der Waals surface area contributed by atoms with Gasteiger partial charge in [-0.3, -0.25) is 9.59 Å². The number of anilines is 1. The van der Waals surface area contributed by atoms with E-state index in [1.54, 1.807) is 78.9 Å². The molecule has 1 heterocycles. The van der Waals surface area contributed by atoms with Crippen LogP contribution in [-0.4, -0.2) is 24.0 Å². The highest BCUT2D eigenvalue weighted by molar-refractivity contribution is 6.30.